The summed E-state index contributed by atoms with van der Waals surface area (Å²) in [6, 6.07) is 6.25. The van der Waals surface area contributed by atoms with Gasteiger partial charge in [-0.2, -0.15) is 0 Å². The van der Waals surface area contributed by atoms with Crippen LogP contribution >= 0.6 is 11.6 Å². The largest absolute Gasteiger partial charge is 0.472 e. The van der Waals surface area contributed by atoms with Gasteiger partial charge in [-0.15, -0.1) is 0 Å². The van der Waals surface area contributed by atoms with Crippen molar-refractivity contribution in [3.05, 3.63) is 58.8 Å². The summed E-state index contributed by atoms with van der Waals surface area (Å²) in [5.74, 6) is 5.03. The monoisotopic (exact) mass is 254 g/mol. The Bertz CT molecular complexity index is 487. The highest BCUT2D eigenvalue weighted by atomic mass is 35.5. The SMILES string of the molecule is NNC(Cc1ccoc1)c1cccc(F)c1Cl. The van der Waals surface area contributed by atoms with Crippen LogP contribution in [-0.2, 0) is 6.42 Å². The second kappa shape index (κ2) is 5.31. The highest BCUT2D eigenvalue weighted by molar-refractivity contribution is 6.31. The van der Waals surface area contributed by atoms with Gasteiger partial charge in [0.25, 0.3) is 0 Å². The van der Waals surface area contributed by atoms with Crippen LogP contribution in [0.1, 0.15) is 17.2 Å². The van der Waals surface area contributed by atoms with Crippen molar-refractivity contribution in [1.82, 2.24) is 5.43 Å². The van der Waals surface area contributed by atoms with E-state index in [1.807, 2.05) is 6.07 Å². The van der Waals surface area contributed by atoms with Crippen molar-refractivity contribution in [3.63, 3.8) is 0 Å². The van der Waals surface area contributed by atoms with Crippen LogP contribution in [0.5, 0.6) is 0 Å². The van der Waals surface area contributed by atoms with E-state index < -0.39 is 5.82 Å². The summed E-state index contributed by atoms with van der Waals surface area (Å²) in [5.41, 5.74) is 4.23. The number of furan rings is 1. The van der Waals surface area contributed by atoms with Crippen LogP contribution in [0.2, 0.25) is 5.02 Å². The molecule has 0 saturated carbocycles. The number of nitrogens with one attached hydrogen (secondary N) is 1. The number of rotatable bonds is 4. The highest BCUT2D eigenvalue weighted by Crippen LogP contribution is 2.27. The molecule has 0 aliphatic carbocycles. The smallest absolute Gasteiger partial charge is 0.142 e. The molecule has 0 amide bonds. The Morgan fingerprint density at radius 3 is 2.88 bits per heavy atom. The van der Waals surface area contributed by atoms with E-state index in [1.165, 1.54) is 6.07 Å². The quantitative estimate of drug-likeness (QED) is 0.652. The van der Waals surface area contributed by atoms with Gasteiger partial charge in [0, 0.05) is 0 Å². The molecule has 2 rings (SSSR count). The number of hydrogen-bond donors (Lipinski definition) is 2. The second-order valence-corrected chi connectivity index (χ2v) is 4.08. The van der Waals surface area contributed by atoms with Crippen molar-refractivity contribution in [3.8, 4) is 0 Å². The predicted molar refractivity (Wildman–Crippen MR) is 63.9 cm³/mol. The van der Waals surface area contributed by atoms with Crippen LogP contribution < -0.4 is 11.3 Å². The van der Waals surface area contributed by atoms with E-state index in [0.29, 0.717) is 12.0 Å². The normalized spacial score (nSPS) is 12.6. The molecule has 0 bridgehead atoms. The molecule has 1 unspecified atom stereocenters. The van der Waals surface area contributed by atoms with Gasteiger partial charge >= 0.3 is 0 Å². The first-order valence-corrected chi connectivity index (χ1v) is 5.51. The zero-order valence-electron chi connectivity index (χ0n) is 8.99. The minimum atomic E-state index is -0.448. The Kier molecular flexibility index (Phi) is 3.78. The van der Waals surface area contributed by atoms with Gasteiger partial charge in [0.2, 0.25) is 0 Å². The maximum atomic E-state index is 13.3. The molecule has 90 valence electrons. The number of benzene rings is 1. The molecule has 0 radical (unpaired) electrons. The zero-order valence-corrected chi connectivity index (χ0v) is 9.75. The summed E-state index contributed by atoms with van der Waals surface area (Å²) in [6.45, 7) is 0. The lowest BCUT2D eigenvalue weighted by atomic mass is 10.0. The Labute approximate surface area is 103 Å². The Morgan fingerprint density at radius 2 is 2.24 bits per heavy atom. The van der Waals surface area contributed by atoms with Crippen LogP contribution in [0.3, 0.4) is 0 Å². The lowest BCUT2D eigenvalue weighted by Gasteiger charge is -2.17. The fourth-order valence-corrected chi connectivity index (χ4v) is 1.95. The highest BCUT2D eigenvalue weighted by Gasteiger charge is 2.16. The Hall–Kier alpha value is -1.36. The fourth-order valence-electron chi connectivity index (χ4n) is 1.69. The summed E-state index contributed by atoms with van der Waals surface area (Å²) in [5, 5.41) is 0.0962. The minimum absolute atomic E-state index is 0.0962. The number of halogens is 2. The van der Waals surface area contributed by atoms with Crippen LogP contribution in [0.4, 0.5) is 4.39 Å². The first kappa shape index (κ1) is 12.1. The van der Waals surface area contributed by atoms with E-state index in [4.69, 9.17) is 21.9 Å². The third kappa shape index (κ3) is 2.66. The van der Waals surface area contributed by atoms with E-state index in [0.717, 1.165) is 5.56 Å². The molecule has 0 fully saturated rings. The molecule has 17 heavy (non-hydrogen) atoms. The number of hydrogen-bond acceptors (Lipinski definition) is 3. The molecule has 5 heteroatoms. The maximum absolute atomic E-state index is 13.3. The van der Waals surface area contributed by atoms with Crippen LogP contribution in [0.15, 0.2) is 41.2 Å². The van der Waals surface area contributed by atoms with E-state index in [2.05, 4.69) is 5.43 Å². The summed E-state index contributed by atoms with van der Waals surface area (Å²) >= 11 is 5.91. The molecule has 1 aromatic carbocycles. The lowest BCUT2D eigenvalue weighted by Crippen LogP contribution is -2.29. The second-order valence-electron chi connectivity index (χ2n) is 3.70. The van der Waals surface area contributed by atoms with E-state index in [1.54, 1.807) is 24.7 Å². The van der Waals surface area contributed by atoms with Gasteiger partial charge in [0.05, 0.1) is 23.6 Å². The first-order valence-electron chi connectivity index (χ1n) is 5.13. The standard InChI is InChI=1S/C12H12ClFN2O/c13-12-9(2-1-3-10(12)14)11(16-15)6-8-4-5-17-7-8/h1-5,7,11,16H,6,15H2. The average molecular weight is 255 g/mol. The Balaban J connectivity index is 2.26. The molecule has 3 nitrogen and oxygen atoms in total. The van der Waals surface area contributed by atoms with E-state index in [-0.39, 0.29) is 11.1 Å². The maximum Gasteiger partial charge on any atom is 0.142 e. The van der Waals surface area contributed by atoms with Gasteiger partial charge in [-0.25, -0.2) is 4.39 Å². The van der Waals surface area contributed by atoms with Gasteiger partial charge in [0.15, 0.2) is 0 Å². The van der Waals surface area contributed by atoms with E-state index in [9.17, 15) is 4.39 Å². The summed E-state index contributed by atoms with van der Waals surface area (Å²) in [7, 11) is 0. The number of hydrazine groups is 1. The van der Waals surface area contributed by atoms with Gasteiger partial charge in [-0.3, -0.25) is 11.3 Å². The lowest BCUT2D eigenvalue weighted by molar-refractivity contribution is 0.532. The molecule has 1 atom stereocenters. The fraction of sp³-hybridized carbons (Fsp3) is 0.167. The van der Waals surface area contributed by atoms with Crippen molar-refractivity contribution < 1.29 is 8.81 Å². The molecular weight excluding hydrogens is 243 g/mol. The van der Waals surface area contributed by atoms with Crippen LogP contribution in [-0.4, -0.2) is 0 Å². The van der Waals surface area contributed by atoms with Gasteiger partial charge < -0.3 is 4.42 Å². The molecule has 2 aromatic rings. The topological polar surface area (TPSA) is 51.2 Å². The number of nitrogens with two attached hydrogens (primary N) is 1. The molecule has 0 aliphatic heterocycles. The van der Waals surface area contributed by atoms with Crippen LogP contribution in [0.25, 0.3) is 0 Å². The van der Waals surface area contributed by atoms with Crippen molar-refractivity contribution in [2.75, 3.05) is 0 Å². The molecule has 0 spiro atoms. The molecule has 0 saturated heterocycles. The van der Waals surface area contributed by atoms with Crippen LogP contribution in [0, 0.1) is 5.82 Å². The van der Waals surface area contributed by atoms with E-state index >= 15 is 0 Å². The molecular formula is C12H12ClFN2O. The van der Waals surface area contributed by atoms with Crippen molar-refractivity contribution in [2.45, 2.75) is 12.5 Å². The first-order chi connectivity index (χ1) is 8.22. The van der Waals surface area contributed by atoms with Gasteiger partial charge in [0.1, 0.15) is 5.82 Å². The minimum Gasteiger partial charge on any atom is -0.472 e. The third-order valence-electron chi connectivity index (χ3n) is 2.58. The molecule has 1 aromatic heterocycles. The zero-order chi connectivity index (χ0) is 12.3. The summed E-state index contributed by atoms with van der Waals surface area (Å²) in [6.07, 6.45) is 3.78. The summed E-state index contributed by atoms with van der Waals surface area (Å²) < 4.78 is 18.3. The molecule has 3 N–H and O–H groups in total. The predicted octanol–water partition coefficient (Wildman–Crippen LogP) is 2.82. The average Bonchev–Trinajstić information content (AvgIpc) is 2.83. The van der Waals surface area contributed by atoms with Gasteiger partial charge in [-0.05, 0) is 29.7 Å². The molecule has 1 heterocycles. The van der Waals surface area contributed by atoms with Crippen molar-refractivity contribution in [2.24, 2.45) is 5.84 Å². The van der Waals surface area contributed by atoms with Crippen molar-refractivity contribution in [1.29, 1.82) is 0 Å². The third-order valence-corrected chi connectivity index (χ3v) is 2.98. The summed E-state index contributed by atoms with van der Waals surface area (Å²) in [4.78, 5) is 0. The Morgan fingerprint density at radius 1 is 1.41 bits per heavy atom. The molecule has 0 aliphatic rings. The van der Waals surface area contributed by atoms with Crippen molar-refractivity contribution >= 4 is 11.6 Å². The van der Waals surface area contributed by atoms with Gasteiger partial charge in [-0.1, -0.05) is 23.7 Å².